The van der Waals surface area contributed by atoms with Gasteiger partial charge in [0.2, 0.25) is 0 Å². The Hall–Kier alpha value is -1.10. The van der Waals surface area contributed by atoms with Crippen molar-refractivity contribution in [3.63, 3.8) is 0 Å². The number of carbonyl (C=O) groups is 2. The molecular weight excluding hydrogens is 236 g/mol. The van der Waals surface area contributed by atoms with Gasteiger partial charge in [0.1, 0.15) is 0 Å². The van der Waals surface area contributed by atoms with Crippen molar-refractivity contribution in [2.75, 3.05) is 13.7 Å². The lowest BCUT2D eigenvalue weighted by Crippen LogP contribution is -2.47. The van der Waals surface area contributed by atoms with Gasteiger partial charge in [-0.1, -0.05) is 19.8 Å². The highest BCUT2D eigenvalue weighted by Crippen LogP contribution is 2.45. The predicted molar refractivity (Wildman–Crippen MR) is 64.9 cm³/mol. The number of methoxy groups -OCH3 is 1. The molecule has 104 valence electrons. The first kappa shape index (κ1) is 15.0. The molecule has 1 fully saturated rings. The summed E-state index contributed by atoms with van der Waals surface area (Å²) in [5.74, 6) is -2.22. The van der Waals surface area contributed by atoms with Crippen molar-refractivity contribution in [3.8, 4) is 0 Å². The molecular formula is C13H22O5. The van der Waals surface area contributed by atoms with Crippen LogP contribution >= 0.6 is 0 Å². The molecule has 0 spiro atoms. The molecule has 1 rings (SSSR count). The largest absolute Gasteiger partial charge is 0.480 e. The minimum atomic E-state index is -1.49. The predicted octanol–water partition coefficient (Wildman–Crippen LogP) is 1.44. The highest BCUT2D eigenvalue weighted by Gasteiger charge is 2.54. The van der Waals surface area contributed by atoms with Gasteiger partial charge in [0.15, 0.2) is 5.41 Å². The smallest absolute Gasteiger partial charge is 0.323 e. The molecule has 0 aromatic carbocycles. The molecule has 0 amide bonds. The zero-order chi connectivity index (χ0) is 13.8. The molecule has 0 aromatic heterocycles. The van der Waals surface area contributed by atoms with E-state index in [9.17, 15) is 14.7 Å². The first-order valence-corrected chi connectivity index (χ1v) is 6.41. The van der Waals surface area contributed by atoms with Crippen LogP contribution in [-0.2, 0) is 14.3 Å². The molecule has 5 heteroatoms. The Morgan fingerprint density at radius 2 is 1.94 bits per heavy atom. The van der Waals surface area contributed by atoms with Gasteiger partial charge in [0.25, 0.3) is 0 Å². The standard InChI is InChI=1S/C13H22O5/c1-9(8-14)7-13(11(15)16,12(17)18-2)10-5-3-4-6-10/h9-10,14H,3-8H2,1-2H3,(H,15,16). The minimum absolute atomic E-state index is 0.126. The fourth-order valence-electron chi connectivity index (χ4n) is 2.98. The van der Waals surface area contributed by atoms with Crippen LogP contribution in [0.3, 0.4) is 0 Å². The summed E-state index contributed by atoms with van der Waals surface area (Å²) < 4.78 is 4.73. The van der Waals surface area contributed by atoms with Gasteiger partial charge in [-0.3, -0.25) is 9.59 Å². The van der Waals surface area contributed by atoms with E-state index in [-0.39, 0.29) is 24.9 Å². The number of hydrogen-bond acceptors (Lipinski definition) is 4. The zero-order valence-corrected chi connectivity index (χ0v) is 11.0. The van der Waals surface area contributed by atoms with Crippen LogP contribution in [0.25, 0.3) is 0 Å². The van der Waals surface area contributed by atoms with Crippen LogP contribution in [0.1, 0.15) is 39.0 Å². The highest BCUT2D eigenvalue weighted by atomic mass is 16.5. The fourth-order valence-corrected chi connectivity index (χ4v) is 2.98. The van der Waals surface area contributed by atoms with E-state index in [2.05, 4.69) is 0 Å². The fraction of sp³-hybridized carbons (Fsp3) is 0.846. The quantitative estimate of drug-likeness (QED) is 0.556. The Morgan fingerprint density at radius 3 is 2.33 bits per heavy atom. The molecule has 2 unspecified atom stereocenters. The van der Waals surface area contributed by atoms with E-state index in [1.54, 1.807) is 6.92 Å². The Morgan fingerprint density at radius 1 is 1.39 bits per heavy atom. The SMILES string of the molecule is COC(=O)C(CC(C)CO)(C(=O)O)C1CCCC1. The zero-order valence-electron chi connectivity index (χ0n) is 11.0. The molecule has 0 radical (unpaired) electrons. The normalized spacial score (nSPS) is 21.3. The summed E-state index contributed by atoms with van der Waals surface area (Å²) in [5.41, 5.74) is -1.49. The van der Waals surface area contributed by atoms with Gasteiger partial charge in [-0.15, -0.1) is 0 Å². The second kappa shape index (κ2) is 6.18. The van der Waals surface area contributed by atoms with Gasteiger partial charge in [0.05, 0.1) is 7.11 Å². The molecule has 2 N–H and O–H groups in total. The maximum atomic E-state index is 12.0. The maximum Gasteiger partial charge on any atom is 0.323 e. The van der Waals surface area contributed by atoms with Crippen LogP contribution in [-0.4, -0.2) is 35.9 Å². The Bertz CT molecular complexity index is 309. The molecule has 0 aromatic rings. The van der Waals surface area contributed by atoms with Crippen molar-refractivity contribution in [2.45, 2.75) is 39.0 Å². The second-order valence-corrected chi connectivity index (χ2v) is 5.24. The van der Waals surface area contributed by atoms with Crippen LogP contribution in [0.5, 0.6) is 0 Å². The summed E-state index contributed by atoms with van der Waals surface area (Å²) in [7, 11) is 1.22. The molecule has 0 heterocycles. The van der Waals surface area contributed by atoms with Crippen LogP contribution in [0.15, 0.2) is 0 Å². The third-order valence-corrected chi connectivity index (χ3v) is 3.97. The molecule has 1 aliphatic carbocycles. The van der Waals surface area contributed by atoms with Crippen LogP contribution < -0.4 is 0 Å². The molecule has 0 bridgehead atoms. The highest BCUT2D eigenvalue weighted by molar-refractivity contribution is 5.99. The van der Waals surface area contributed by atoms with Crippen LogP contribution in [0, 0.1) is 17.3 Å². The second-order valence-electron chi connectivity index (χ2n) is 5.24. The van der Waals surface area contributed by atoms with Gasteiger partial charge >= 0.3 is 11.9 Å². The summed E-state index contributed by atoms with van der Waals surface area (Å²) in [6, 6.07) is 0. The van der Waals surface area contributed by atoms with E-state index in [4.69, 9.17) is 9.84 Å². The van der Waals surface area contributed by atoms with Crippen molar-refractivity contribution in [2.24, 2.45) is 17.3 Å². The third kappa shape index (κ3) is 2.66. The van der Waals surface area contributed by atoms with Gasteiger partial charge in [0, 0.05) is 6.61 Å². The molecule has 18 heavy (non-hydrogen) atoms. The minimum Gasteiger partial charge on any atom is -0.480 e. The van der Waals surface area contributed by atoms with Gasteiger partial charge in [-0.05, 0) is 31.1 Å². The molecule has 1 saturated carbocycles. The summed E-state index contributed by atoms with van der Waals surface area (Å²) in [5, 5.41) is 18.7. The van der Waals surface area contributed by atoms with Crippen LogP contribution in [0.2, 0.25) is 0 Å². The number of carbonyl (C=O) groups excluding carboxylic acids is 1. The Kier molecular flexibility index (Phi) is 5.14. The molecule has 1 aliphatic rings. The van der Waals surface area contributed by atoms with Gasteiger partial charge in [-0.25, -0.2) is 0 Å². The van der Waals surface area contributed by atoms with E-state index in [0.29, 0.717) is 0 Å². The number of esters is 1. The maximum absolute atomic E-state index is 12.0. The van der Waals surface area contributed by atoms with E-state index >= 15 is 0 Å². The number of carboxylic acid groups (broad SMARTS) is 1. The number of aliphatic hydroxyl groups is 1. The Labute approximate surface area is 107 Å². The Balaban J connectivity index is 3.08. The summed E-state index contributed by atoms with van der Waals surface area (Å²) in [4.78, 5) is 23.7. The van der Waals surface area contributed by atoms with E-state index < -0.39 is 17.4 Å². The average molecular weight is 258 g/mol. The number of carboxylic acids is 1. The summed E-state index contributed by atoms with van der Waals surface area (Å²) in [6.07, 6.45) is 3.50. The van der Waals surface area contributed by atoms with Gasteiger partial charge in [-0.2, -0.15) is 0 Å². The number of aliphatic hydroxyl groups excluding tert-OH is 1. The van der Waals surface area contributed by atoms with E-state index in [0.717, 1.165) is 25.7 Å². The van der Waals surface area contributed by atoms with Crippen molar-refractivity contribution in [1.82, 2.24) is 0 Å². The van der Waals surface area contributed by atoms with E-state index in [1.807, 2.05) is 0 Å². The first-order chi connectivity index (χ1) is 8.48. The van der Waals surface area contributed by atoms with Crippen LogP contribution in [0.4, 0.5) is 0 Å². The third-order valence-electron chi connectivity index (χ3n) is 3.97. The van der Waals surface area contributed by atoms with Crippen molar-refractivity contribution in [1.29, 1.82) is 0 Å². The molecule has 2 atom stereocenters. The van der Waals surface area contributed by atoms with Crippen molar-refractivity contribution < 1.29 is 24.5 Å². The summed E-state index contributed by atoms with van der Waals surface area (Å²) in [6.45, 7) is 1.62. The topological polar surface area (TPSA) is 83.8 Å². The van der Waals surface area contributed by atoms with Gasteiger partial charge < -0.3 is 14.9 Å². The molecule has 5 nitrogen and oxygen atoms in total. The lowest BCUT2D eigenvalue weighted by atomic mass is 9.69. The number of aliphatic carboxylic acids is 1. The lowest BCUT2D eigenvalue weighted by molar-refractivity contribution is -0.173. The number of hydrogen-bond donors (Lipinski definition) is 2. The monoisotopic (exact) mass is 258 g/mol. The average Bonchev–Trinajstić information content (AvgIpc) is 2.88. The molecule has 0 aliphatic heterocycles. The first-order valence-electron chi connectivity index (χ1n) is 6.41. The molecule has 0 saturated heterocycles. The summed E-state index contributed by atoms with van der Waals surface area (Å²) >= 11 is 0. The van der Waals surface area contributed by atoms with Crippen molar-refractivity contribution >= 4 is 11.9 Å². The van der Waals surface area contributed by atoms with E-state index in [1.165, 1.54) is 7.11 Å². The number of ether oxygens (including phenoxy) is 1. The van der Waals surface area contributed by atoms with Crippen molar-refractivity contribution in [3.05, 3.63) is 0 Å². The number of rotatable bonds is 6. The lowest BCUT2D eigenvalue weighted by Gasteiger charge is -2.34.